The molecule has 1 aliphatic carbocycles. The molecule has 6 nitrogen and oxygen atoms in total. The summed E-state index contributed by atoms with van der Waals surface area (Å²) in [5.41, 5.74) is 0. The standard InChI is InChI=1S/C14H16N4O2/c19-14(11-8-10(11)12-2-1-7-20-12)18-6-5-17-13-9-15-3-4-16-13/h1-4,7,9-11H,5-6,8H2,(H,16,17)(H,18,19)/t10-,11+/m0/s1. The predicted molar refractivity (Wildman–Crippen MR) is 73.1 cm³/mol. The molecular formula is C14H16N4O2. The number of anilines is 1. The van der Waals surface area contributed by atoms with Crippen molar-refractivity contribution in [2.45, 2.75) is 12.3 Å². The highest BCUT2D eigenvalue weighted by molar-refractivity contribution is 5.82. The molecule has 2 aromatic rings. The van der Waals surface area contributed by atoms with Crippen molar-refractivity contribution < 1.29 is 9.21 Å². The number of carbonyl (C=O) groups excluding carboxylic acids is 1. The first kappa shape index (κ1) is 12.7. The zero-order chi connectivity index (χ0) is 13.8. The Kier molecular flexibility index (Phi) is 3.62. The van der Waals surface area contributed by atoms with Gasteiger partial charge >= 0.3 is 0 Å². The van der Waals surface area contributed by atoms with E-state index in [0.717, 1.165) is 12.2 Å². The van der Waals surface area contributed by atoms with Gasteiger partial charge < -0.3 is 15.1 Å². The highest BCUT2D eigenvalue weighted by Crippen LogP contribution is 2.47. The van der Waals surface area contributed by atoms with Crippen LogP contribution in [0.2, 0.25) is 0 Å². The molecule has 2 aromatic heterocycles. The minimum absolute atomic E-state index is 0.0534. The van der Waals surface area contributed by atoms with Crippen LogP contribution >= 0.6 is 0 Å². The maximum absolute atomic E-state index is 11.9. The lowest BCUT2D eigenvalue weighted by Crippen LogP contribution is -2.30. The number of rotatable bonds is 6. The molecule has 2 N–H and O–H groups in total. The second kappa shape index (κ2) is 5.73. The van der Waals surface area contributed by atoms with Crippen molar-refractivity contribution in [2.24, 2.45) is 5.92 Å². The Bertz CT molecular complexity index is 556. The number of nitrogens with one attached hydrogen (secondary N) is 2. The van der Waals surface area contributed by atoms with Gasteiger partial charge in [-0.3, -0.25) is 9.78 Å². The summed E-state index contributed by atoms with van der Waals surface area (Å²) >= 11 is 0. The lowest BCUT2D eigenvalue weighted by atomic mass is 10.2. The summed E-state index contributed by atoms with van der Waals surface area (Å²) in [6.45, 7) is 1.19. The molecule has 20 heavy (non-hydrogen) atoms. The molecule has 1 saturated carbocycles. The van der Waals surface area contributed by atoms with E-state index in [-0.39, 0.29) is 17.7 Å². The van der Waals surface area contributed by atoms with Crippen molar-refractivity contribution in [1.29, 1.82) is 0 Å². The monoisotopic (exact) mass is 272 g/mol. The van der Waals surface area contributed by atoms with E-state index in [1.165, 1.54) is 0 Å². The summed E-state index contributed by atoms with van der Waals surface area (Å²) in [5, 5.41) is 6.01. The molecule has 0 unspecified atom stereocenters. The van der Waals surface area contributed by atoms with Gasteiger partial charge in [-0.05, 0) is 18.6 Å². The maximum atomic E-state index is 11.9. The van der Waals surface area contributed by atoms with E-state index in [0.29, 0.717) is 18.9 Å². The second-order valence-electron chi connectivity index (χ2n) is 4.77. The van der Waals surface area contributed by atoms with E-state index in [1.54, 1.807) is 24.9 Å². The van der Waals surface area contributed by atoms with Gasteiger partial charge in [0.2, 0.25) is 5.91 Å². The molecule has 2 atom stereocenters. The minimum atomic E-state index is 0.0534. The van der Waals surface area contributed by atoms with E-state index in [2.05, 4.69) is 20.6 Å². The van der Waals surface area contributed by atoms with Crippen LogP contribution in [0, 0.1) is 5.92 Å². The number of hydrogen-bond donors (Lipinski definition) is 2. The average molecular weight is 272 g/mol. The third-order valence-corrected chi connectivity index (χ3v) is 3.33. The van der Waals surface area contributed by atoms with Crippen molar-refractivity contribution in [1.82, 2.24) is 15.3 Å². The van der Waals surface area contributed by atoms with Gasteiger partial charge in [0.25, 0.3) is 0 Å². The van der Waals surface area contributed by atoms with Crippen LogP contribution in [0.5, 0.6) is 0 Å². The average Bonchev–Trinajstić information content (AvgIpc) is 3.10. The lowest BCUT2D eigenvalue weighted by molar-refractivity contribution is -0.122. The van der Waals surface area contributed by atoms with Gasteiger partial charge in [0, 0.05) is 37.3 Å². The Morgan fingerprint density at radius 1 is 1.40 bits per heavy atom. The fourth-order valence-electron chi connectivity index (χ4n) is 2.20. The highest BCUT2D eigenvalue weighted by Gasteiger charge is 2.45. The van der Waals surface area contributed by atoms with Crippen molar-refractivity contribution in [3.8, 4) is 0 Å². The molecule has 1 amide bonds. The normalized spacial score (nSPS) is 20.4. The third kappa shape index (κ3) is 2.96. The fraction of sp³-hybridized carbons (Fsp3) is 0.357. The van der Waals surface area contributed by atoms with Gasteiger partial charge in [-0.1, -0.05) is 0 Å². The smallest absolute Gasteiger partial charge is 0.223 e. The van der Waals surface area contributed by atoms with E-state index in [1.807, 2.05) is 12.1 Å². The largest absolute Gasteiger partial charge is 0.469 e. The van der Waals surface area contributed by atoms with Crippen LogP contribution in [0.4, 0.5) is 5.82 Å². The molecule has 2 heterocycles. The van der Waals surface area contributed by atoms with Crippen LogP contribution < -0.4 is 10.6 Å². The van der Waals surface area contributed by atoms with Gasteiger partial charge in [0.1, 0.15) is 11.6 Å². The van der Waals surface area contributed by atoms with E-state index in [4.69, 9.17) is 4.42 Å². The van der Waals surface area contributed by atoms with E-state index >= 15 is 0 Å². The zero-order valence-electron chi connectivity index (χ0n) is 11.0. The molecule has 0 aliphatic heterocycles. The van der Waals surface area contributed by atoms with E-state index in [9.17, 15) is 4.79 Å². The molecule has 3 rings (SSSR count). The fourth-order valence-corrected chi connectivity index (χ4v) is 2.20. The van der Waals surface area contributed by atoms with Gasteiger partial charge in [-0.15, -0.1) is 0 Å². The Morgan fingerprint density at radius 3 is 3.10 bits per heavy atom. The number of furan rings is 1. The van der Waals surface area contributed by atoms with Gasteiger partial charge in [0.15, 0.2) is 0 Å². The van der Waals surface area contributed by atoms with Gasteiger partial charge in [0.05, 0.1) is 12.5 Å². The molecule has 1 aliphatic rings. The first-order chi connectivity index (χ1) is 9.84. The lowest BCUT2D eigenvalue weighted by Gasteiger charge is -2.06. The first-order valence-electron chi connectivity index (χ1n) is 6.65. The summed E-state index contributed by atoms with van der Waals surface area (Å²) in [6, 6.07) is 3.78. The molecule has 104 valence electrons. The first-order valence-corrected chi connectivity index (χ1v) is 6.65. The number of carbonyl (C=O) groups is 1. The van der Waals surface area contributed by atoms with Gasteiger partial charge in [-0.2, -0.15) is 0 Å². The molecule has 0 spiro atoms. The van der Waals surface area contributed by atoms with Crippen LogP contribution in [-0.4, -0.2) is 29.0 Å². The number of nitrogens with zero attached hydrogens (tertiary/aromatic N) is 2. The van der Waals surface area contributed by atoms with Gasteiger partial charge in [-0.25, -0.2) is 4.98 Å². The Labute approximate surface area is 116 Å². The summed E-state index contributed by atoms with van der Waals surface area (Å²) in [6.07, 6.45) is 7.41. The predicted octanol–water partition coefficient (Wildman–Crippen LogP) is 1.40. The summed E-state index contributed by atoms with van der Waals surface area (Å²) in [7, 11) is 0. The van der Waals surface area contributed by atoms with Crippen molar-refractivity contribution >= 4 is 11.7 Å². The number of amides is 1. The maximum Gasteiger partial charge on any atom is 0.223 e. The third-order valence-electron chi connectivity index (χ3n) is 3.33. The second-order valence-corrected chi connectivity index (χ2v) is 4.77. The quantitative estimate of drug-likeness (QED) is 0.777. The van der Waals surface area contributed by atoms with Crippen molar-refractivity contribution in [2.75, 3.05) is 18.4 Å². The molecule has 1 fully saturated rings. The molecule has 0 radical (unpaired) electrons. The molecule has 0 aromatic carbocycles. The molecule has 6 heteroatoms. The number of aromatic nitrogens is 2. The molecular weight excluding hydrogens is 256 g/mol. The molecule has 0 bridgehead atoms. The topological polar surface area (TPSA) is 80.0 Å². The van der Waals surface area contributed by atoms with E-state index < -0.39 is 0 Å². The summed E-state index contributed by atoms with van der Waals surface area (Å²) in [4.78, 5) is 20.0. The Balaban J connectivity index is 1.36. The van der Waals surface area contributed by atoms with Crippen LogP contribution in [0.25, 0.3) is 0 Å². The van der Waals surface area contributed by atoms with Crippen LogP contribution in [0.3, 0.4) is 0 Å². The minimum Gasteiger partial charge on any atom is -0.469 e. The van der Waals surface area contributed by atoms with Crippen LogP contribution in [0.15, 0.2) is 41.4 Å². The SMILES string of the molecule is O=C(NCCNc1cnccn1)[C@@H]1C[C@@H]1c1ccco1. The summed E-state index contributed by atoms with van der Waals surface area (Å²) < 4.78 is 5.31. The summed E-state index contributed by atoms with van der Waals surface area (Å²) in [5.74, 6) is 2.01. The number of hydrogen-bond acceptors (Lipinski definition) is 5. The highest BCUT2D eigenvalue weighted by atomic mass is 16.3. The van der Waals surface area contributed by atoms with Crippen LogP contribution in [-0.2, 0) is 4.79 Å². The Morgan fingerprint density at radius 2 is 2.35 bits per heavy atom. The Hall–Kier alpha value is -2.37. The zero-order valence-corrected chi connectivity index (χ0v) is 11.0. The van der Waals surface area contributed by atoms with Crippen LogP contribution in [0.1, 0.15) is 18.1 Å². The van der Waals surface area contributed by atoms with Crippen molar-refractivity contribution in [3.63, 3.8) is 0 Å². The molecule has 0 saturated heterocycles. The van der Waals surface area contributed by atoms with Crippen molar-refractivity contribution in [3.05, 3.63) is 42.7 Å².